The summed E-state index contributed by atoms with van der Waals surface area (Å²) < 4.78 is 0. The van der Waals surface area contributed by atoms with E-state index in [0.29, 0.717) is 0 Å². The molecule has 0 aliphatic carbocycles. The molecular weight excluding hydrogens is 192 g/mol. The number of nitrogens with one attached hydrogen (secondary N) is 1. The Morgan fingerprint density at radius 2 is 2.07 bits per heavy atom. The number of thioether (sulfide) groups is 1. The molecule has 14 heavy (non-hydrogen) atoms. The molecule has 82 valence electrons. The van der Waals surface area contributed by atoms with Gasteiger partial charge in [0.1, 0.15) is 5.54 Å². The van der Waals surface area contributed by atoms with Gasteiger partial charge in [-0.3, -0.25) is 0 Å². The molecule has 3 heteroatoms. The Balaban J connectivity index is 3.40. The molecule has 1 unspecified atom stereocenters. The highest BCUT2D eigenvalue weighted by Gasteiger charge is 2.19. The molecule has 0 radical (unpaired) electrons. The molecule has 0 rings (SSSR count). The second kappa shape index (κ2) is 8.14. The van der Waals surface area contributed by atoms with Gasteiger partial charge in [-0.1, -0.05) is 19.8 Å². The Morgan fingerprint density at radius 1 is 1.36 bits per heavy atom. The van der Waals surface area contributed by atoms with Gasteiger partial charge in [-0.15, -0.1) is 0 Å². The Labute approximate surface area is 92.5 Å². The minimum absolute atomic E-state index is 0.336. The molecular formula is C11H22N2S. The second-order valence-corrected chi connectivity index (χ2v) is 4.99. The maximum Gasteiger partial charge on any atom is 0.104 e. The van der Waals surface area contributed by atoms with Crippen LogP contribution in [0, 0.1) is 11.3 Å². The second-order valence-electron chi connectivity index (χ2n) is 3.76. The minimum atomic E-state index is -0.336. The van der Waals surface area contributed by atoms with Gasteiger partial charge in [-0.25, -0.2) is 0 Å². The van der Waals surface area contributed by atoms with E-state index in [-0.39, 0.29) is 5.54 Å². The fourth-order valence-corrected chi connectivity index (χ4v) is 2.23. The van der Waals surface area contributed by atoms with E-state index in [0.717, 1.165) is 12.2 Å². The van der Waals surface area contributed by atoms with E-state index in [2.05, 4.69) is 18.3 Å². The average molecular weight is 214 g/mol. The first-order valence-corrected chi connectivity index (χ1v) is 6.52. The summed E-state index contributed by atoms with van der Waals surface area (Å²) in [6.07, 6.45) is 4.85. The van der Waals surface area contributed by atoms with Crippen molar-refractivity contribution in [2.24, 2.45) is 0 Å². The van der Waals surface area contributed by atoms with Crippen LogP contribution in [0.5, 0.6) is 0 Å². The van der Waals surface area contributed by atoms with Crippen LogP contribution >= 0.6 is 11.8 Å². The molecule has 0 saturated carbocycles. The Kier molecular flexibility index (Phi) is 8.02. The summed E-state index contributed by atoms with van der Waals surface area (Å²) in [6, 6.07) is 2.31. The van der Waals surface area contributed by atoms with Crippen molar-refractivity contribution >= 4 is 11.8 Å². The molecule has 0 fully saturated rings. The number of nitrogens with zero attached hydrogens (tertiary/aromatic N) is 1. The molecule has 0 saturated heterocycles. The van der Waals surface area contributed by atoms with Crippen molar-refractivity contribution in [1.82, 2.24) is 5.32 Å². The predicted molar refractivity (Wildman–Crippen MR) is 64.5 cm³/mol. The quantitative estimate of drug-likeness (QED) is 0.631. The minimum Gasteiger partial charge on any atom is -0.303 e. The van der Waals surface area contributed by atoms with Gasteiger partial charge in [-0.2, -0.15) is 17.0 Å². The summed E-state index contributed by atoms with van der Waals surface area (Å²) in [4.78, 5) is 0. The van der Waals surface area contributed by atoms with E-state index in [1.165, 1.54) is 25.0 Å². The van der Waals surface area contributed by atoms with Crippen molar-refractivity contribution in [3.05, 3.63) is 0 Å². The van der Waals surface area contributed by atoms with E-state index < -0.39 is 0 Å². The van der Waals surface area contributed by atoms with Gasteiger partial charge < -0.3 is 5.32 Å². The predicted octanol–water partition coefficient (Wildman–Crippen LogP) is 2.80. The van der Waals surface area contributed by atoms with Crippen molar-refractivity contribution in [2.75, 3.05) is 18.6 Å². The van der Waals surface area contributed by atoms with E-state index >= 15 is 0 Å². The van der Waals surface area contributed by atoms with Crippen LogP contribution < -0.4 is 5.32 Å². The number of hydrogen-bond donors (Lipinski definition) is 1. The maximum atomic E-state index is 8.90. The zero-order valence-electron chi connectivity index (χ0n) is 9.60. The largest absolute Gasteiger partial charge is 0.303 e. The maximum absolute atomic E-state index is 8.90. The van der Waals surface area contributed by atoms with Crippen molar-refractivity contribution in [1.29, 1.82) is 5.26 Å². The Bertz CT molecular complexity index is 177. The fourth-order valence-electron chi connectivity index (χ4n) is 1.07. The summed E-state index contributed by atoms with van der Waals surface area (Å²) in [5.74, 6) is 2.31. The van der Waals surface area contributed by atoms with Crippen LogP contribution in [0.2, 0.25) is 0 Å². The lowest BCUT2D eigenvalue weighted by molar-refractivity contribution is 0.479. The van der Waals surface area contributed by atoms with Gasteiger partial charge in [-0.05, 0) is 38.3 Å². The molecule has 0 spiro atoms. The van der Waals surface area contributed by atoms with Crippen molar-refractivity contribution in [3.63, 3.8) is 0 Å². The van der Waals surface area contributed by atoms with E-state index in [1.54, 1.807) is 0 Å². The normalized spacial score (nSPS) is 14.7. The fraction of sp³-hybridized carbons (Fsp3) is 0.909. The van der Waals surface area contributed by atoms with E-state index in [9.17, 15) is 0 Å². The Morgan fingerprint density at radius 3 is 2.57 bits per heavy atom. The molecule has 0 bridgehead atoms. The van der Waals surface area contributed by atoms with E-state index in [1.807, 2.05) is 25.7 Å². The van der Waals surface area contributed by atoms with Crippen LogP contribution in [0.3, 0.4) is 0 Å². The van der Waals surface area contributed by atoms with Crippen molar-refractivity contribution in [2.45, 2.75) is 45.1 Å². The monoisotopic (exact) mass is 214 g/mol. The zero-order chi connectivity index (χ0) is 10.9. The third kappa shape index (κ3) is 6.28. The van der Waals surface area contributed by atoms with Crippen LogP contribution in [-0.4, -0.2) is 24.1 Å². The smallest absolute Gasteiger partial charge is 0.104 e. The highest BCUT2D eigenvalue weighted by Crippen LogP contribution is 2.14. The average Bonchev–Trinajstić information content (AvgIpc) is 2.23. The summed E-state index contributed by atoms with van der Waals surface area (Å²) >= 11 is 1.96. The number of unbranched alkanes of at least 4 members (excludes halogenated alkanes) is 2. The van der Waals surface area contributed by atoms with Crippen LogP contribution in [0.1, 0.15) is 39.5 Å². The molecule has 0 aromatic rings. The van der Waals surface area contributed by atoms with Crippen LogP contribution in [0.25, 0.3) is 0 Å². The molecule has 1 N–H and O–H groups in total. The summed E-state index contributed by atoms with van der Waals surface area (Å²) in [5.41, 5.74) is -0.336. The third-order valence-corrected chi connectivity index (χ3v) is 3.51. The van der Waals surface area contributed by atoms with Crippen molar-refractivity contribution < 1.29 is 0 Å². The van der Waals surface area contributed by atoms with E-state index in [4.69, 9.17) is 5.26 Å². The Hall–Kier alpha value is -0.200. The number of hydrogen-bond acceptors (Lipinski definition) is 3. The summed E-state index contributed by atoms with van der Waals surface area (Å²) in [6.45, 7) is 4.18. The van der Waals surface area contributed by atoms with Crippen LogP contribution in [0.4, 0.5) is 0 Å². The summed E-state index contributed by atoms with van der Waals surface area (Å²) in [5, 5.41) is 12.0. The molecule has 0 heterocycles. The highest BCUT2D eigenvalue weighted by molar-refractivity contribution is 7.99. The number of rotatable bonds is 8. The highest BCUT2D eigenvalue weighted by atomic mass is 32.2. The first-order valence-electron chi connectivity index (χ1n) is 5.36. The van der Waals surface area contributed by atoms with Crippen molar-refractivity contribution in [3.8, 4) is 6.07 Å². The van der Waals surface area contributed by atoms with Gasteiger partial charge in [0, 0.05) is 0 Å². The topological polar surface area (TPSA) is 35.8 Å². The standard InChI is InChI=1S/C11H22N2S/c1-4-5-6-8-14-9-7-11(2,10-12)13-3/h13H,4-9H2,1-3H3. The third-order valence-electron chi connectivity index (χ3n) is 2.44. The molecule has 2 nitrogen and oxygen atoms in total. The SMILES string of the molecule is CCCCCSCCC(C)(C#N)NC. The van der Waals surface area contributed by atoms with Gasteiger partial charge in [0.05, 0.1) is 6.07 Å². The lowest BCUT2D eigenvalue weighted by Gasteiger charge is -2.19. The molecule has 0 aliphatic rings. The lowest BCUT2D eigenvalue weighted by atomic mass is 10.0. The number of nitriles is 1. The van der Waals surface area contributed by atoms with Gasteiger partial charge in [0.15, 0.2) is 0 Å². The van der Waals surface area contributed by atoms with Crippen LogP contribution in [-0.2, 0) is 0 Å². The summed E-state index contributed by atoms with van der Waals surface area (Å²) in [7, 11) is 1.85. The first kappa shape index (κ1) is 13.8. The lowest BCUT2D eigenvalue weighted by Crippen LogP contribution is -2.38. The van der Waals surface area contributed by atoms with Gasteiger partial charge >= 0.3 is 0 Å². The van der Waals surface area contributed by atoms with Gasteiger partial charge in [0.2, 0.25) is 0 Å². The molecule has 0 amide bonds. The molecule has 0 aliphatic heterocycles. The molecule has 0 aromatic heterocycles. The molecule has 0 aromatic carbocycles. The zero-order valence-corrected chi connectivity index (χ0v) is 10.4. The van der Waals surface area contributed by atoms with Gasteiger partial charge in [0.25, 0.3) is 0 Å². The first-order chi connectivity index (χ1) is 6.68. The van der Waals surface area contributed by atoms with Crippen LogP contribution in [0.15, 0.2) is 0 Å². The molecule has 1 atom stereocenters.